The van der Waals surface area contributed by atoms with Gasteiger partial charge in [0.15, 0.2) is 0 Å². The van der Waals surface area contributed by atoms with Gasteiger partial charge in [-0.05, 0) is 11.4 Å². The van der Waals surface area contributed by atoms with Crippen LogP contribution in [0.3, 0.4) is 0 Å². The van der Waals surface area contributed by atoms with Gasteiger partial charge in [-0.1, -0.05) is 22.0 Å². The minimum Gasteiger partial charge on any atom is -0.289 e. The summed E-state index contributed by atoms with van der Waals surface area (Å²) in [6.45, 7) is 0. The molecule has 0 spiro atoms. The van der Waals surface area contributed by atoms with E-state index in [1.54, 1.807) is 17.5 Å². The number of carbonyl (C=O) groups excluding carboxylic acids is 2. The topological polar surface area (TPSA) is 34.1 Å². The Bertz CT molecular complexity index is 266. The maximum Gasteiger partial charge on any atom is 0.239 e. The van der Waals surface area contributed by atoms with E-state index < -0.39 is 11.6 Å². The van der Waals surface area contributed by atoms with E-state index in [-0.39, 0.29) is 5.33 Å². The van der Waals surface area contributed by atoms with Crippen molar-refractivity contribution in [2.75, 3.05) is 5.33 Å². The maximum absolute atomic E-state index is 11.1. The maximum atomic E-state index is 11.1. The molecule has 0 aliphatic rings. The summed E-state index contributed by atoms with van der Waals surface area (Å²) < 4.78 is 0. The SMILES string of the molecule is O=C(CBr)C(=O)c1cccs1. The summed E-state index contributed by atoms with van der Waals surface area (Å²) in [7, 11) is 0. The Morgan fingerprint density at radius 1 is 1.55 bits per heavy atom. The Kier molecular flexibility index (Phi) is 2.96. The normalized spacial score (nSPS) is 9.55. The second kappa shape index (κ2) is 3.78. The summed E-state index contributed by atoms with van der Waals surface area (Å²) in [5.74, 6) is -0.802. The van der Waals surface area contributed by atoms with Crippen LogP contribution in [0.15, 0.2) is 17.5 Å². The highest BCUT2D eigenvalue weighted by atomic mass is 79.9. The number of alkyl halides is 1. The molecule has 0 radical (unpaired) electrons. The molecule has 0 aliphatic heterocycles. The van der Waals surface area contributed by atoms with E-state index in [0.29, 0.717) is 4.88 Å². The van der Waals surface area contributed by atoms with Crippen molar-refractivity contribution in [2.45, 2.75) is 0 Å². The van der Waals surface area contributed by atoms with Gasteiger partial charge in [-0.15, -0.1) is 11.3 Å². The first-order valence-electron chi connectivity index (χ1n) is 2.92. The Balaban J connectivity index is 2.79. The van der Waals surface area contributed by atoms with Crippen molar-refractivity contribution in [3.05, 3.63) is 22.4 Å². The van der Waals surface area contributed by atoms with Gasteiger partial charge in [0.1, 0.15) is 0 Å². The van der Waals surface area contributed by atoms with Crippen molar-refractivity contribution < 1.29 is 9.59 Å². The molecule has 1 rings (SSSR count). The van der Waals surface area contributed by atoms with Crippen molar-refractivity contribution >= 4 is 38.8 Å². The predicted molar refractivity (Wildman–Crippen MR) is 47.5 cm³/mol. The third-order valence-corrected chi connectivity index (χ3v) is 2.50. The molecule has 2 nitrogen and oxygen atoms in total. The largest absolute Gasteiger partial charge is 0.289 e. The fourth-order valence-corrected chi connectivity index (χ4v) is 1.54. The van der Waals surface area contributed by atoms with Crippen LogP contribution < -0.4 is 0 Å². The monoisotopic (exact) mass is 232 g/mol. The first-order valence-corrected chi connectivity index (χ1v) is 4.93. The van der Waals surface area contributed by atoms with E-state index in [1.807, 2.05) is 0 Å². The molecule has 0 N–H and O–H groups in total. The predicted octanol–water partition coefficient (Wildman–Crippen LogP) is 1.89. The first-order chi connectivity index (χ1) is 5.25. The van der Waals surface area contributed by atoms with Crippen LogP contribution in [0.1, 0.15) is 9.67 Å². The second-order valence-electron chi connectivity index (χ2n) is 1.86. The van der Waals surface area contributed by atoms with Crippen molar-refractivity contribution in [3.8, 4) is 0 Å². The smallest absolute Gasteiger partial charge is 0.239 e. The molecule has 0 fully saturated rings. The zero-order valence-corrected chi connectivity index (χ0v) is 7.94. The molecule has 58 valence electrons. The molecule has 4 heteroatoms. The molecule has 0 saturated heterocycles. The average Bonchev–Trinajstić information content (AvgIpc) is 2.53. The van der Waals surface area contributed by atoms with E-state index in [9.17, 15) is 9.59 Å². The summed E-state index contributed by atoms with van der Waals surface area (Å²) in [5.41, 5.74) is 0. The lowest BCUT2D eigenvalue weighted by molar-refractivity contribution is -0.112. The number of ketones is 2. The van der Waals surface area contributed by atoms with Crippen LogP contribution >= 0.6 is 27.3 Å². The quantitative estimate of drug-likeness (QED) is 0.454. The molecular weight excluding hydrogens is 228 g/mol. The molecule has 1 aromatic heterocycles. The minimum atomic E-state index is -0.406. The van der Waals surface area contributed by atoms with E-state index in [4.69, 9.17) is 0 Å². The summed E-state index contributed by atoms with van der Waals surface area (Å²) in [5, 5.41) is 1.87. The molecule has 11 heavy (non-hydrogen) atoms. The average molecular weight is 233 g/mol. The Morgan fingerprint density at radius 3 is 2.73 bits per heavy atom. The Labute approximate surface area is 76.4 Å². The fourth-order valence-electron chi connectivity index (χ4n) is 0.606. The molecular formula is C7H5BrO2S. The lowest BCUT2D eigenvalue weighted by atomic mass is 10.2. The second-order valence-corrected chi connectivity index (χ2v) is 3.37. The van der Waals surface area contributed by atoms with Gasteiger partial charge in [-0.3, -0.25) is 9.59 Å². The standard InChI is InChI=1S/C7H5BrO2S/c8-4-5(9)7(10)6-2-1-3-11-6/h1-3H,4H2. The van der Waals surface area contributed by atoms with E-state index in [0.717, 1.165) is 0 Å². The fraction of sp³-hybridized carbons (Fsp3) is 0.143. The molecule has 0 bridgehead atoms. The van der Waals surface area contributed by atoms with Gasteiger partial charge in [-0.2, -0.15) is 0 Å². The van der Waals surface area contributed by atoms with Crippen LogP contribution in [0.4, 0.5) is 0 Å². The van der Waals surface area contributed by atoms with Crippen LogP contribution in [0.25, 0.3) is 0 Å². The summed E-state index contributed by atoms with van der Waals surface area (Å²) in [6, 6.07) is 3.40. The number of carbonyl (C=O) groups is 2. The number of halogens is 1. The van der Waals surface area contributed by atoms with Crippen LogP contribution in [-0.2, 0) is 4.79 Å². The molecule has 1 aromatic rings. The molecule has 0 amide bonds. The van der Waals surface area contributed by atoms with E-state index >= 15 is 0 Å². The first kappa shape index (κ1) is 8.62. The third kappa shape index (κ3) is 1.97. The van der Waals surface area contributed by atoms with Gasteiger partial charge < -0.3 is 0 Å². The van der Waals surface area contributed by atoms with E-state index in [1.165, 1.54) is 11.3 Å². The van der Waals surface area contributed by atoms with Crippen LogP contribution in [0.2, 0.25) is 0 Å². The highest BCUT2D eigenvalue weighted by Crippen LogP contribution is 2.09. The van der Waals surface area contributed by atoms with Crippen LogP contribution in [0.5, 0.6) is 0 Å². The van der Waals surface area contributed by atoms with Crippen molar-refractivity contribution in [1.29, 1.82) is 0 Å². The number of rotatable bonds is 3. The van der Waals surface area contributed by atoms with Gasteiger partial charge in [0.05, 0.1) is 10.2 Å². The molecule has 0 saturated carbocycles. The van der Waals surface area contributed by atoms with Crippen molar-refractivity contribution in [1.82, 2.24) is 0 Å². The number of hydrogen-bond donors (Lipinski definition) is 0. The molecule has 0 atom stereocenters. The summed E-state index contributed by atoms with van der Waals surface area (Å²) in [6.07, 6.45) is 0. The van der Waals surface area contributed by atoms with Gasteiger partial charge in [0.25, 0.3) is 0 Å². The third-order valence-electron chi connectivity index (χ3n) is 1.12. The zero-order valence-electron chi connectivity index (χ0n) is 5.54. The van der Waals surface area contributed by atoms with Gasteiger partial charge >= 0.3 is 0 Å². The lowest BCUT2D eigenvalue weighted by Crippen LogP contribution is -2.13. The minimum absolute atomic E-state index is 0.101. The molecule has 0 aromatic carbocycles. The Hall–Kier alpha value is -0.480. The van der Waals surface area contributed by atoms with Crippen LogP contribution in [0, 0.1) is 0 Å². The zero-order chi connectivity index (χ0) is 8.27. The van der Waals surface area contributed by atoms with Gasteiger partial charge in [-0.25, -0.2) is 0 Å². The van der Waals surface area contributed by atoms with Gasteiger partial charge in [0.2, 0.25) is 11.6 Å². The lowest BCUT2D eigenvalue weighted by Gasteiger charge is -1.89. The van der Waals surface area contributed by atoms with Crippen molar-refractivity contribution in [2.24, 2.45) is 0 Å². The molecule has 1 heterocycles. The number of Topliss-reactive ketones (excluding diaryl/α,β-unsaturated/α-hetero) is 2. The molecule has 0 aliphatic carbocycles. The van der Waals surface area contributed by atoms with Gasteiger partial charge in [0, 0.05) is 0 Å². The number of hydrogen-bond acceptors (Lipinski definition) is 3. The highest BCUT2D eigenvalue weighted by molar-refractivity contribution is 9.09. The highest BCUT2D eigenvalue weighted by Gasteiger charge is 2.14. The van der Waals surface area contributed by atoms with E-state index in [2.05, 4.69) is 15.9 Å². The van der Waals surface area contributed by atoms with Crippen molar-refractivity contribution in [3.63, 3.8) is 0 Å². The summed E-state index contributed by atoms with van der Waals surface area (Å²) >= 11 is 4.22. The number of thiophene rings is 1. The van der Waals surface area contributed by atoms with Crippen LogP contribution in [-0.4, -0.2) is 16.9 Å². The Morgan fingerprint density at radius 2 is 2.27 bits per heavy atom. The summed E-state index contributed by atoms with van der Waals surface area (Å²) in [4.78, 5) is 22.4. The molecule has 0 unspecified atom stereocenters.